The van der Waals surface area contributed by atoms with Gasteiger partial charge in [-0.1, -0.05) is 26.8 Å². The van der Waals surface area contributed by atoms with Crippen LogP contribution in [0.3, 0.4) is 0 Å². The van der Waals surface area contributed by atoms with Crippen LogP contribution in [0.1, 0.15) is 33.6 Å². The Kier molecular flexibility index (Phi) is 20.5. The van der Waals surface area contributed by atoms with Crippen molar-refractivity contribution in [2.45, 2.75) is 85.5 Å². The molecule has 0 rings (SSSR count). The highest BCUT2D eigenvalue weighted by Gasteiger charge is 2.37. The van der Waals surface area contributed by atoms with Crippen LogP contribution in [0.15, 0.2) is 12.8 Å². The number of hydrogen-bond donors (Lipinski definition) is 0. The van der Waals surface area contributed by atoms with E-state index in [1.807, 2.05) is 13.8 Å². The van der Waals surface area contributed by atoms with Crippen LogP contribution in [0.2, 0.25) is 51.9 Å². The van der Waals surface area contributed by atoms with Crippen LogP contribution < -0.4 is 0 Å². The molecule has 0 N–H and O–H groups in total. The van der Waals surface area contributed by atoms with Crippen molar-refractivity contribution >= 4 is 37.5 Å². The lowest BCUT2D eigenvalue weighted by molar-refractivity contribution is 0.0769. The first-order valence-electron chi connectivity index (χ1n) is 10.7. The molecule has 0 bridgehead atoms. The highest BCUT2D eigenvalue weighted by molar-refractivity contribution is 6.87. The molecule has 0 fully saturated rings. The SMILES string of the molecule is C=COC(=O)OCCCC[Si](C)(C)O[Si](C)(C)O[Si](C)(C)C.CC.CCOC(=O)OC. The van der Waals surface area contributed by atoms with Crippen LogP contribution in [-0.4, -0.2) is 57.8 Å². The Morgan fingerprint density at radius 1 is 0.871 bits per heavy atom. The van der Waals surface area contributed by atoms with Crippen molar-refractivity contribution in [3.05, 3.63) is 12.8 Å². The molecule has 8 nitrogen and oxygen atoms in total. The van der Waals surface area contributed by atoms with E-state index in [1.165, 1.54) is 7.11 Å². The Bertz CT molecular complexity index is 491. The maximum atomic E-state index is 11.0. The maximum Gasteiger partial charge on any atom is 0.513 e. The molecule has 0 spiro atoms. The summed E-state index contributed by atoms with van der Waals surface area (Å²) in [6.45, 7) is 25.0. The Balaban J connectivity index is -0.000000733. The monoisotopic (exact) mass is 498 g/mol. The number of unbranched alkanes of at least 4 members (excludes halogenated alkanes) is 1. The maximum absolute atomic E-state index is 11.0. The Labute approximate surface area is 193 Å². The van der Waals surface area contributed by atoms with Crippen molar-refractivity contribution in [3.8, 4) is 0 Å². The van der Waals surface area contributed by atoms with Crippen molar-refractivity contribution < 1.29 is 36.8 Å². The van der Waals surface area contributed by atoms with E-state index in [2.05, 4.69) is 66.6 Å². The van der Waals surface area contributed by atoms with E-state index in [1.54, 1.807) is 6.92 Å². The van der Waals surface area contributed by atoms with Gasteiger partial charge in [-0.3, -0.25) is 0 Å². The molecule has 0 radical (unpaired) electrons. The fourth-order valence-corrected chi connectivity index (χ4v) is 15.8. The molecule has 186 valence electrons. The van der Waals surface area contributed by atoms with E-state index >= 15 is 0 Å². The molecule has 0 heterocycles. The summed E-state index contributed by atoms with van der Waals surface area (Å²) >= 11 is 0. The number of ether oxygens (including phenoxy) is 4. The second-order valence-corrected chi connectivity index (χ2v) is 20.9. The number of carbonyl (C=O) groups is 2. The van der Waals surface area contributed by atoms with Gasteiger partial charge in [0.15, 0.2) is 16.6 Å². The zero-order chi connectivity index (χ0) is 25.1. The molecule has 0 aliphatic heterocycles. The van der Waals surface area contributed by atoms with Gasteiger partial charge in [-0.15, -0.1) is 0 Å². The molecule has 0 amide bonds. The van der Waals surface area contributed by atoms with Gasteiger partial charge >= 0.3 is 20.9 Å². The summed E-state index contributed by atoms with van der Waals surface area (Å²) in [6, 6.07) is 1.03. The zero-order valence-electron chi connectivity index (χ0n) is 21.6. The third-order valence-corrected chi connectivity index (χ3v) is 13.2. The Morgan fingerprint density at radius 3 is 1.81 bits per heavy atom. The standard InChI is InChI=1S/C14H32O5Si3.C4H8O3.C2H6/c1-9-16-14(15)17-12-10-11-13-21(5,6)19-22(7,8)18-20(2,3)4;1-3-7-4(5)6-2;1-2/h9H,1,10-13H2,2-8H3;3H2,1-2H3;1-2H3. The van der Waals surface area contributed by atoms with Gasteiger partial charge in [0, 0.05) is 0 Å². The van der Waals surface area contributed by atoms with E-state index in [4.69, 9.17) is 13.0 Å². The lowest BCUT2D eigenvalue weighted by Crippen LogP contribution is -2.51. The third kappa shape index (κ3) is 26.8. The molecule has 0 saturated heterocycles. The normalized spacial score (nSPS) is 11.1. The van der Waals surface area contributed by atoms with E-state index in [0.717, 1.165) is 25.1 Å². The largest absolute Gasteiger partial charge is 0.513 e. The predicted octanol–water partition coefficient (Wildman–Crippen LogP) is 6.65. The van der Waals surface area contributed by atoms with Gasteiger partial charge in [-0.2, -0.15) is 0 Å². The zero-order valence-corrected chi connectivity index (χ0v) is 24.6. The van der Waals surface area contributed by atoms with Crippen LogP contribution in [0, 0.1) is 0 Å². The molecule has 0 aliphatic carbocycles. The first kappa shape index (κ1) is 34.5. The molecule has 0 unspecified atom stereocenters. The number of rotatable bonds is 11. The van der Waals surface area contributed by atoms with Crippen molar-refractivity contribution in [3.63, 3.8) is 0 Å². The second-order valence-electron chi connectivity index (χ2n) is 8.20. The van der Waals surface area contributed by atoms with Crippen LogP contribution in [0.4, 0.5) is 9.59 Å². The summed E-state index contributed by atoms with van der Waals surface area (Å²) in [4.78, 5) is 21.0. The van der Waals surface area contributed by atoms with Crippen molar-refractivity contribution in [2.24, 2.45) is 0 Å². The van der Waals surface area contributed by atoms with Crippen molar-refractivity contribution in [1.29, 1.82) is 0 Å². The predicted molar refractivity (Wildman–Crippen MR) is 133 cm³/mol. The highest BCUT2D eigenvalue weighted by Crippen LogP contribution is 2.24. The number of carbonyl (C=O) groups excluding carboxylic acids is 2. The summed E-state index contributed by atoms with van der Waals surface area (Å²) in [5.41, 5.74) is 0. The topological polar surface area (TPSA) is 89.5 Å². The highest BCUT2D eigenvalue weighted by atomic mass is 28.5. The molecule has 11 heteroatoms. The lowest BCUT2D eigenvalue weighted by atomic mass is 10.4. The first-order chi connectivity index (χ1) is 14.2. The van der Waals surface area contributed by atoms with Crippen LogP contribution in [-0.2, 0) is 27.2 Å². The molecule has 31 heavy (non-hydrogen) atoms. The summed E-state index contributed by atoms with van der Waals surface area (Å²) in [5, 5.41) is 0. The molecule has 0 aromatic heterocycles. The van der Waals surface area contributed by atoms with Gasteiger partial charge in [-0.25, -0.2) is 9.59 Å². The lowest BCUT2D eigenvalue weighted by Gasteiger charge is -2.37. The van der Waals surface area contributed by atoms with Gasteiger partial charge in [0.1, 0.15) is 0 Å². The van der Waals surface area contributed by atoms with Crippen LogP contribution in [0.25, 0.3) is 0 Å². The smallest absolute Gasteiger partial charge is 0.438 e. The average molecular weight is 499 g/mol. The molecule has 0 atom stereocenters. The van der Waals surface area contributed by atoms with Crippen molar-refractivity contribution in [2.75, 3.05) is 20.3 Å². The molecule has 0 saturated carbocycles. The van der Waals surface area contributed by atoms with Gasteiger partial charge < -0.3 is 27.2 Å². The quantitative estimate of drug-likeness (QED) is 0.135. The summed E-state index contributed by atoms with van der Waals surface area (Å²) in [5.74, 6) is 0. The summed E-state index contributed by atoms with van der Waals surface area (Å²) in [7, 11) is -4.13. The summed E-state index contributed by atoms with van der Waals surface area (Å²) < 4.78 is 30.5. The molecule has 0 aromatic carbocycles. The van der Waals surface area contributed by atoms with Crippen molar-refractivity contribution in [1.82, 2.24) is 0 Å². The fourth-order valence-electron chi connectivity index (χ4n) is 2.56. The van der Waals surface area contributed by atoms with Gasteiger partial charge in [-0.05, 0) is 65.2 Å². The second kappa shape index (κ2) is 18.4. The molecule has 0 aliphatic rings. The first-order valence-corrected chi connectivity index (χ1v) is 20.1. The minimum atomic E-state index is -2.06. The molecular formula is C20H46O8Si3. The third-order valence-electron chi connectivity index (χ3n) is 3.08. The minimum absolute atomic E-state index is 0.364. The van der Waals surface area contributed by atoms with E-state index in [-0.39, 0.29) is 0 Å². The Hall–Kier alpha value is -1.15. The van der Waals surface area contributed by atoms with Crippen LogP contribution >= 0.6 is 0 Å². The average Bonchev–Trinajstić information content (AvgIpc) is 2.60. The van der Waals surface area contributed by atoms with Gasteiger partial charge in [0.2, 0.25) is 0 Å². The molecule has 0 aromatic rings. The Morgan fingerprint density at radius 2 is 1.42 bits per heavy atom. The summed E-state index contributed by atoms with van der Waals surface area (Å²) in [6.07, 6.45) is 1.53. The van der Waals surface area contributed by atoms with E-state index < -0.39 is 37.5 Å². The van der Waals surface area contributed by atoms with Gasteiger partial charge in [0.05, 0.1) is 26.6 Å². The molecular weight excluding hydrogens is 452 g/mol. The number of methoxy groups -OCH3 is 1. The number of hydrogen-bond acceptors (Lipinski definition) is 8. The van der Waals surface area contributed by atoms with E-state index in [9.17, 15) is 9.59 Å². The van der Waals surface area contributed by atoms with Crippen LogP contribution in [0.5, 0.6) is 0 Å². The fraction of sp³-hybridized carbons (Fsp3) is 0.800. The minimum Gasteiger partial charge on any atom is -0.438 e. The van der Waals surface area contributed by atoms with E-state index in [0.29, 0.717) is 13.2 Å². The van der Waals surface area contributed by atoms with Gasteiger partial charge in [0.25, 0.3) is 0 Å².